The van der Waals surface area contributed by atoms with Crippen molar-refractivity contribution >= 4 is 32.3 Å². The van der Waals surface area contributed by atoms with Crippen LogP contribution in [-0.4, -0.2) is 0 Å². The Morgan fingerprint density at radius 2 is 0.597 bits per heavy atom. The van der Waals surface area contributed by atoms with Gasteiger partial charge in [0.1, 0.15) is 0 Å². The molecular formula is C62H40. The van der Waals surface area contributed by atoms with Gasteiger partial charge in [-0.25, -0.2) is 0 Å². The van der Waals surface area contributed by atoms with E-state index in [0.29, 0.717) is 0 Å². The highest BCUT2D eigenvalue weighted by Gasteiger charge is 2.25. The average Bonchev–Trinajstić information content (AvgIpc) is 3.83. The summed E-state index contributed by atoms with van der Waals surface area (Å²) in [7, 11) is 0. The van der Waals surface area contributed by atoms with Crippen LogP contribution in [0.3, 0.4) is 0 Å². The Morgan fingerprint density at radius 3 is 1.05 bits per heavy atom. The molecule has 0 bridgehead atoms. The molecule has 2 aliphatic carbocycles. The summed E-state index contributed by atoms with van der Waals surface area (Å²) in [5, 5.41) is 18.4. The molecule has 288 valence electrons. The molecule has 2 aliphatic rings. The third kappa shape index (κ3) is 4.84. The summed E-state index contributed by atoms with van der Waals surface area (Å²) >= 11 is 0. The van der Waals surface area contributed by atoms with Crippen molar-refractivity contribution in [2.24, 2.45) is 0 Å². The number of aryl methyl sites for hydroxylation is 2. The van der Waals surface area contributed by atoms with Gasteiger partial charge in [0.15, 0.2) is 0 Å². The Hall–Kier alpha value is -7.80. The number of hydrogen-bond donors (Lipinski definition) is 0. The first-order chi connectivity index (χ1) is 30.7. The molecule has 0 heterocycles. The fourth-order valence-electron chi connectivity index (χ4n) is 11.2. The molecule has 0 aromatic heterocycles. The molecule has 11 aromatic rings. The molecule has 0 nitrogen and oxygen atoms in total. The fourth-order valence-corrected chi connectivity index (χ4v) is 11.2. The highest BCUT2D eigenvalue weighted by Crippen LogP contribution is 2.46. The van der Waals surface area contributed by atoms with Crippen LogP contribution in [0.15, 0.2) is 206 Å². The van der Waals surface area contributed by atoms with E-state index >= 15 is 0 Å². The maximum atomic E-state index is 2.46. The maximum absolute atomic E-state index is 2.46. The second-order valence-electron chi connectivity index (χ2n) is 17.1. The molecule has 0 aliphatic heterocycles. The van der Waals surface area contributed by atoms with Crippen LogP contribution in [0.2, 0.25) is 0 Å². The standard InChI is InChI=1S/C62H40/c1-37-18-12-14-26-43(37)55-45-28-16-17-29-46(45)56(44-27-15-13-19-38(44)2)62-51-35-33-49-57-48(32-34-50(58(51)57)61(55)62)59-53(40-22-8-4-9-23-40)47-31-30-42(39-20-6-3-7-21-39)36-52(47)54(60(49)59)41-24-10-5-11-25-41/h3-36H,1-2H3. The minimum absolute atomic E-state index is 1.22. The summed E-state index contributed by atoms with van der Waals surface area (Å²) < 4.78 is 0. The van der Waals surface area contributed by atoms with Gasteiger partial charge in [0.2, 0.25) is 0 Å². The number of hydrogen-bond acceptors (Lipinski definition) is 0. The Morgan fingerprint density at radius 1 is 0.242 bits per heavy atom. The smallest absolute Gasteiger partial charge is 0.000730 e. The Labute approximate surface area is 359 Å². The molecule has 0 N–H and O–H groups in total. The SMILES string of the molecule is Cc1ccccc1-c1c2c(c(-c3ccccc3C)c3ccccc13)=c1ccc3c4c(ccc=2c14)=c1c(-c2ccccc2)c2ccc(-c4ccccc4)cc2c(-c2ccccc2)c1=3. The van der Waals surface area contributed by atoms with Crippen molar-refractivity contribution in [3.8, 4) is 55.6 Å². The first-order valence-electron chi connectivity index (χ1n) is 21.8. The molecule has 0 amide bonds. The van der Waals surface area contributed by atoms with Gasteiger partial charge in [-0.05, 0) is 161 Å². The van der Waals surface area contributed by atoms with Crippen molar-refractivity contribution in [2.75, 3.05) is 0 Å². The van der Waals surface area contributed by atoms with E-state index in [2.05, 4.69) is 220 Å². The Bertz CT molecular complexity index is 4030. The van der Waals surface area contributed by atoms with Crippen LogP contribution >= 0.6 is 0 Å². The molecule has 62 heavy (non-hydrogen) atoms. The Balaban J connectivity index is 1.34. The molecule has 0 unspecified atom stereocenters. The van der Waals surface area contributed by atoms with Gasteiger partial charge in [-0.15, -0.1) is 0 Å². The highest BCUT2D eigenvalue weighted by molar-refractivity contribution is 6.10. The van der Waals surface area contributed by atoms with Gasteiger partial charge in [-0.1, -0.05) is 200 Å². The quantitative estimate of drug-likeness (QED) is 0.163. The molecule has 0 saturated carbocycles. The first kappa shape index (κ1) is 35.0. The molecule has 11 aromatic carbocycles. The largest absolute Gasteiger partial charge is 0.0622 e. The van der Waals surface area contributed by atoms with Gasteiger partial charge in [0, 0.05) is 0 Å². The Kier molecular flexibility index (Phi) is 7.54. The maximum Gasteiger partial charge on any atom is -0.000730 e. The van der Waals surface area contributed by atoms with E-state index in [1.165, 1.54) is 141 Å². The monoisotopic (exact) mass is 784 g/mol. The van der Waals surface area contributed by atoms with E-state index in [-0.39, 0.29) is 0 Å². The molecule has 0 spiro atoms. The van der Waals surface area contributed by atoms with Crippen molar-refractivity contribution in [1.29, 1.82) is 0 Å². The van der Waals surface area contributed by atoms with Gasteiger partial charge in [0.05, 0.1) is 0 Å². The zero-order chi connectivity index (χ0) is 41.1. The molecule has 0 atom stereocenters. The van der Waals surface area contributed by atoms with E-state index in [1.807, 2.05) is 0 Å². The molecule has 13 rings (SSSR count). The van der Waals surface area contributed by atoms with Crippen LogP contribution in [-0.2, 0) is 0 Å². The van der Waals surface area contributed by atoms with Crippen LogP contribution in [0, 0.1) is 55.6 Å². The van der Waals surface area contributed by atoms with Crippen molar-refractivity contribution in [1.82, 2.24) is 0 Å². The van der Waals surface area contributed by atoms with E-state index in [1.54, 1.807) is 0 Å². The second-order valence-corrected chi connectivity index (χ2v) is 17.1. The van der Waals surface area contributed by atoms with Gasteiger partial charge in [-0.2, -0.15) is 0 Å². The van der Waals surface area contributed by atoms with Crippen LogP contribution in [0.1, 0.15) is 11.1 Å². The first-order valence-corrected chi connectivity index (χ1v) is 21.8. The number of rotatable bonds is 5. The molecular weight excluding hydrogens is 745 g/mol. The predicted octanol–water partition coefficient (Wildman–Crippen LogP) is 15.9. The summed E-state index contributed by atoms with van der Waals surface area (Å²) in [6.07, 6.45) is 0. The molecule has 0 heteroatoms. The minimum atomic E-state index is 1.22. The fraction of sp³-hybridized carbons (Fsp3) is 0.0323. The van der Waals surface area contributed by atoms with E-state index < -0.39 is 0 Å². The lowest BCUT2D eigenvalue weighted by Gasteiger charge is -2.17. The molecule has 0 radical (unpaired) electrons. The number of benzene rings is 11. The van der Waals surface area contributed by atoms with Gasteiger partial charge in [-0.3, -0.25) is 0 Å². The lowest BCUT2D eigenvalue weighted by molar-refractivity contribution is 1.42. The summed E-state index contributed by atoms with van der Waals surface area (Å²) in [5.41, 5.74) is 15.3. The van der Waals surface area contributed by atoms with Crippen molar-refractivity contribution < 1.29 is 0 Å². The van der Waals surface area contributed by atoms with E-state index in [9.17, 15) is 0 Å². The number of fused-ring (bicyclic) bond motifs is 4. The third-order valence-corrected chi connectivity index (χ3v) is 13.8. The van der Waals surface area contributed by atoms with Crippen LogP contribution in [0.25, 0.3) is 88.0 Å². The molecule has 0 saturated heterocycles. The lowest BCUT2D eigenvalue weighted by atomic mass is 9.86. The lowest BCUT2D eigenvalue weighted by Crippen LogP contribution is -1.94. The summed E-state index contributed by atoms with van der Waals surface area (Å²) in [5.74, 6) is 0. The van der Waals surface area contributed by atoms with E-state index in [0.717, 1.165) is 0 Å². The molecule has 0 fully saturated rings. The highest BCUT2D eigenvalue weighted by atomic mass is 14.3. The van der Waals surface area contributed by atoms with Gasteiger partial charge < -0.3 is 0 Å². The average molecular weight is 785 g/mol. The normalized spacial score (nSPS) is 12.0. The summed E-state index contributed by atoms with van der Waals surface area (Å²) in [6.45, 7) is 4.53. The van der Waals surface area contributed by atoms with Crippen molar-refractivity contribution in [3.05, 3.63) is 259 Å². The van der Waals surface area contributed by atoms with Crippen molar-refractivity contribution in [2.45, 2.75) is 13.8 Å². The van der Waals surface area contributed by atoms with Gasteiger partial charge >= 0.3 is 0 Å². The summed E-state index contributed by atoms with van der Waals surface area (Å²) in [4.78, 5) is 0. The zero-order valence-electron chi connectivity index (χ0n) is 34.6. The zero-order valence-corrected chi connectivity index (χ0v) is 34.6. The van der Waals surface area contributed by atoms with Crippen LogP contribution in [0.4, 0.5) is 0 Å². The van der Waals surface area contributed by atoms with E-state index in [4.69, 9.17) is 0 Å². The third-order valence-electron chi connectivity index (χ3n) is 13.8. The van der Waals surface area contributed by atoms with Crippen molar-refractivity contribution in [3.63, 3.8) is 0 Å². The van der Waals surface area contributed by atoms with Crippen LogP contribution in [0.5, 0.6) is 0 Å². The van der Waals surface area contributed by atoms with Crippen LogP contribution < -0.4 is 0 Å². The van der Waals surface area contributed by atoms with Gasteiger partial charge in [0.25, 0.3) is 0 Å². The summed E-state index contributed by atoms with van der Waals surface area (Å²) in [6, 6.07) is 77.1. The minimum Gasteiger partial charge on any atom is -0.0622 e. The second kappa shape index (κ2) is 13.4. The predicted molar refractivity (Wildman–Crippen MR) is 259 cm³/mol. The topological polar surface area (TPSA) is 0 Å².